The number of aliphatic hydroxyl groups is 1. The van der Waals surface area contributed by atoms with Crippen molar-refractivity contribution in [2.24, 2.45) is 5.92 Å². The lowest BCUT2D eigenvalue weighted by Gasteiger charge is -2.36. The molecule has 6 rings (SSSR count). The number of carbonyl (C=O) groups is 2. The molecule has 2 amide bonds. The molecule has 0 unspecified atom stereocenters. The average Bonchev–Trinajstić information content (AvgIpc) is 3.61. The number of benzene rings is 1. The van der Waals surface area contributed by atoms with Crippen LogP contribution in [-0.4, -0.2) is 72.7 Å². The molecule has 4 N–H and O–H groups in total. The normalized spacial score (nSPS) is 22.2. The number of aliphatic hydroxyl groups excluding tert-OH is 1. The van der Waals surface area contributed by atoms with Crippen molar-refractivity contribution in [3.8, 4) is 11.1 Å². The minimum atomic E-state index is -0.402. The number of fused-ring (bicyclic) bond motifs is 1. The third-order valence-electron chi connectivity index (χ3n) is 7.90. The van der Waals surface area contributed by atoms with Crippen LogP contribution in [0.4, 0.5) is 5.13 Å². The Morgan fingerprint density at radius 3 is 2.67 bits per heavy atom. The summed E-state index contributed by atoms with van der Waals surface area (Å²) in [6.07, 6.45) is 11.5. The van der Waals surface area contributed by atoms with Crippen LogP contribution in [0.1, 0.15) is 55.3 Å². The minimum Gasteiger partial charge on any atom is -0.390 e. The summed E-state index contributed by atoms with van der Waals surface area (Å²) in [7, 11) is 0. The van der Waals surface area contributed by atoms with Crippen LogP contribution < -0.4 is 16.0 Å². The van der Waals surface area contributed by atoms with Crippen LogP contribution in [0.3, 0.4) is 0 Å². The van der Waals surface area contributed by atoms with Gasteiger partial charge < -0.3 is 25.8 Å². The van der Waals surface area contributed by atoms with E-state index in [0.717, 1.165) is 53.4 Å². The highest BCUT2D eigenvalue weighted by Gasteiger charge is 2.35. The third-order valence-corrected chi connectivity index (χ3v) is 8.83. The summed E-state index contributed by atoms with van der Waals surface area (Å²) >= 11 is 1.44. The maximum absolute atomic E-state index is 12.9. The Balaban J connectivity index is 0.961. The fourth-order valence-corrected chi connectivity index (χ4v) is 6.32. The van der Waals surface area contributed by atoms with E-state index < -0.39 is 6.10 Å². The fourth-order valence-electron chi connectivity index (χ4n) is 5.41. The molecule has 0 aliphatic heterocycles. The molecule has 13 heteroatoms. The lowest BCUT2D eigenvalue weighted by molar-refractivity contribution is -0.123. The molecule has 224 valence electrons. The second-order valence-electron chi connectivity index (χ2n) is 11.2. The first-order valence-corrected chi connectivity index (χ1v) is 15.4. The van der Waals surface area contributed by atoms with Gasteiger partial charge in [0.1, 0.15) is 12.3 Å². The van der Waals surface area contributed by atoms with Gasteiger partial charge in [0.25, 0.3) is 5.91 Å². The van der Waals surface area contributed by atoms with Crippen molar-refractivity contribution in [1.29, 1.82) is 0 Å². The second kappa shape index (κ2) is 13.2. The highest BCUT2D eigenvalue weighted by atomic mass is 32.1. The van der Waals surface area contributed by atoms with Crippen LogP contribution in [0.2, 0.25) is 0 Å². The second-order valence-corrected chi connectivity index (χ2v) is 12.2. The standard InChI is InChI=1S/C30H34N8O4S/c1-17(12-35-29(41)23-15-31-7-8-32-23)36-21-9-19(10-21)28(40)38-30-37-22-6-5-18(11-26(22)43-30)20-13-33-27(34-14-20)16-42-25-4-2-3-24(25)39/h5-8,11,13-15,17,19,21,24-25,36,39H,2-4,9-10,12,16H2,1H3,(H,35,41)(H,37,38,40)/t17-,19-,21+,24-,25-/m0/s1. The molecule has 0 spiro atoms. The highest BCUT2D eigenvalue weighted by molar-refractivity contribution is 7.22. The predicted octanol–water partition coefficient (Wildman–Crippen LogP) is 3.10. The van der Waals surface area contributed by atoms with Crippen molar-refractivity contribution in [3.05, 3.63) is 60.7 Å². The number of carbonyl (C=O) groups excluding carboxylic acids is 2. The molecule has 0 radical (unpaired) electrons. The summed E-state index contributed by atoms with van der Waals surface area (Å²) in [5, 5.41) is 19.8. The Labute approximate surface area is 252 Å². The first kappa shape index (κ1) is 29.2. The number of anilines is 1. The zero-order chi connectivity index (χ0) is 29.8. The fraction of sp³-hybridized carbons (Fsp3) is 0.433. The van der Waals surface area contributed by atoms with Crippen molar-refractivity contribution in [3.63, 3.8) is 0 Å². The summed E-state index contributed by atoms with van der Waals surface area (Å²) < 4.78 is 6.74. The van der Waals surface area contributed by atoms with E-state index in [-0.39, 0.29) is 48.2 Å². The summed E-state index contributed by atoms with van der Waals surface area (Å²) in [5.74, 6) is 0.207. The third kappa shape index (κ3) is 7.19. The van der Waals surface area contributed by atoms with Gasteiger partial charge in [-0.15, -0.1) is 0 Å². The largest absolute Gasteiger partial charge is 0.390 e. The molecular weight excluding hydrogens is 568 g/mol. The van der Waals surface area contributed by atoms with Gasteiger partial charge in [-0.3, -0.25) is 14.6 Å². The van der Waals surface area contributed by atoms with E-state index in [2.05, 4.69) is 40.9 Å². The first-order valence-electron chi connectivity index (χ1n) is 14.5. The Bertz CT molecular complexity index is 1560. The minimum absolute atomic E-state index is 0.0303. The van der Waals surface area contributed by atoms with Gasteiger partial charge in [-0.05, 0) is 56.7 Å². The quantitative estimate of drug-likeness (QED) is 0.201. The Kier molecular flexibility index (Phi) is 8.93. The number of hydrogen-bond acceptors (Lipinski definition) is 11. The molecule has 12 nitrogen and oxygen atoms in total. The smallest absolute Gasteiger partial charge is 0.271 e. The zero-order valence-corrected chi connectivity index (χ0v) is 24.6. The number of aromatic nitrogens is 5. The topological polar surface area (TPSA) is 164 Å². The van der Waals surface area contributed by atoms with Gasteiger partial charge in [0.05, 0.1) is 28.6 Å². The van der Waals surface area contributed by atoms with E-state index in [1.807, 2.05) is 25.1 Å². The van der Waals surface area contributed by atoms with Crippen molar-refractivity contribution >= 4 is 38.5 Å². The molecule has 2 aliphatic carbocycles. The van der Waals surface area contributed by atoms with Crippen LogP contribution in [0.25, 0.3) is 21.3 Å². The van der Waals surface area contributed by atoms with Crippen LogP contribution in [0.5, 0.6) is 0 Å². The molecule has 3 heterocycles. The number of ether oxygens (including phenoxy) is 1. The molecule has 2 fully saturated rings. The Morgan fingerprint density at radius 2 is 1.93 bits per heavy atom. The average molecular weight is 603 g/mol. The molecule has 0 bridgehead atoms. The Hall–Kier alpha value is -3.91. The number of amides is 2. The van der Waals surface area contributed by atoms with E-state index in [1.165, 1.54) is 29.9 Å². The van der Waals surface area contributed by atoms with Crippen molar-refractivity contribution in [2.75, 3.05) is 11.9 Å². The number of hydrogen-bond donors (Lipinski definition) is 4. The predicted molar refractivity (Wildman–Crippen MR) is 161 cm³/mol. The van der Waals surface area contributed by atoms with Gasteiger partial charge in [-0.1, -0.05) is 17.4 Å². The summed E-state index contributed by atoms with van der Waals surface area (Å²) in [6.45, 7) is 2.73. The maximum atomic E-state index is 12.9. The summed E-state index contributed by atoms with van der Waals surface area (Å²) in [6, 6.07) is 6.19. The Morgan fingerprint density at radius 1 is 1.09 bits per heavy atom. The summed E-state index contributed by atoms with van der Waals surface area (Å²) in [5.41, 5.74) is 2.94. The number of nitrogens with zero attached hydrogens (tertiary/aromatic N) is 5. The molecule has 3 atom stereocenters. The van der Waals surface area contributed by atoms with Gasteiger partial charge in [-0.2, -0.15) is 0 Å². The van der Waals surface area contributed by atoms with Gasteiger partial charge in [0.15, 0.2) is 11.0 Å². The van der Waals surface area contributed by atoms with Gasteiger partial charge in [0.2, 0.25) is 5.91 Å². The highest BCUT2D eigenvalue weighted by Crippen LogP contribution is 2.33. The van der Waals surface area contributed by atoms with E-state index in [1.54, 1.807) is 12.4 Å². The van der Waals surface area contributed by atoms with E-state index in [9.17, 15) is 14.7 Å². The van der Waals surface area contributed by atoms with Gasteiger partial charge >= 0.3 is 0 Å². The zero-order valence-electron chi connectivity index (χ0n) is 23.8. The number of nitrogens with one attached hydrogen (secondary N) is 3. The van der Waals surface area contributed by atoms with Crippen LogP contribution >= 0.6 is 11.3 Å². The molecule has 1 aromatic carbocycles. The SMILES string of the molecule is C[C@@H](CNC(=O)c1cnccn1)N[C@H]1C[C@@H](C(=O)Nc2nc3ccc(-c4cnc(CO[C@H]5CCC[C@@H]5O)nc4)cc3s2)C1. The number of thiazole rings is 1. The molecule has 3 aromatic heterocycles. The van der Waals surface area contributed by atoms with Crippen molar-refractivity contribution in [1.82, 2.24) is 35.6 Å². The summed E-state index contributed by atoms with van der Waals surface area (Å²) in [4.78, 5) is 46.4. The maximum Gasteiger partial charge on any atom is 0.271 e. The molecule has 43 heavy (non-hydrogen) atoms. The lowest BCUT2D eigenvalue weighted by atomic mass is 9.79. The first-order chi connectivity index (χ1) is 20.9. The molecule has 0 saturated heterocycles. The molecule has 2 aliphatic rings. The van der Waals surface area contributed by atoms with Crippen LogP contribution in [0, 0.1) is 5.92 Å². The van der Waals surface area contributed by atoms with Crippen LogP contribution in [0.15, 0.2) is 49.2 Å². The van der Waals surface area contributed by atoms with E-state index in [0.29, 0.717) is 17.5 Å². The van der Waals surface area contributed by atoms with Gasteiger partial charge in [0, 0.05) is 54.9 Å². The van der Waals surface area contributed by atoms with Crippen molar-refractivity contribution < 1.29 is 19.4 Å². The van der Waals surface area contributed by atoms with Crippen LogP contribution in [-0.2, 0) is 16.1 Å². The van der Waals surface area contributed by atoms with E-state index >= 15 is 0 Å². The van der Waals surface area contributed by atoms with Crippen molar-refractivity contribution in [2.45, 2.75) is 69.9 Å². The molecule has 4 aromatic rings. The van der Waals surface area contributed by atoms with Gasteiger partial charge in [-0.25, -0.2) is 19.9 Å². The number of rotatable bonds is 11. The monoisotopic (exact) mass is 602 g/mol. The molecule has 2 saturated carbocycles. The molecular formula is C30H34N8O4S. The van der Waals surface area contributed by atoms with E-state index in [4.69, 9.17) is 4.74 Å². The lowest BCUT2D eigenvalue weighted by Crippen LogP contribution is -2.51.